The molecule has 0 aliphatic carbocycles. The first-order chi connectivity index (χ1) is 8.61. The van der Waals surface area contributed by atoms with Gasteiger partial charge in [-0.25, -0.2) is 14.2 Å². The molecule has 0 aliphatic heterocycles. The van der Waals surface area contributed by atoms with Crippen molar-refractivity contribution in [3.63, 3.8) is 0 Å². The summed E-state index contributed by atoms with van der Waals surface area (Å²) in [5.41, 5.74) is -0.126. The van der Waals surface area contributed by atoms with Gasteiger partial charge in [0.1, 0.15) is 5.82 Å². The number of aromatic nitrogens is 2. The van der Waals surface area contributed by atoms with Crippen molar-refractivity contribution in [2.45, 2.75) is 0 Å². The van der Waals surface area contributed by atoms with E-state index in [0.29, 0.717) is 0 Å². The molecule has 18 heavy (non-hydrogen) atoms. The Bertz CT molecular complexity index is 602. The van der Waals surface area contributed by atoms with Crippen molar-refractivity contribution in [3.05, 3.63) is 41.8 Å². The van der Waals surface area contributed by atoms with Crippen molar-refractivity contribution < 1.29 is 19.0 Å². The second kappa shape index (κ2) is 4.79. The summed E-state index contributed by atoms with van der Waals surface area (Å²) in [5, 5.41) is 8.91. The number of methoxy groups -OCH3 is 1. The molecule has 0 fully saturated rings. The van der Waals surface area contributed by atoms with E-state index < -0.39 is 11.8 Å². The Balaban J connectivity index is 2.60. The van der Waals surface area contributed by atoms with E-state index in [2.05, 4.69) is 9.97 Å². The van der Waals surface area contributed by atoms with Crippen molar-refractivity contribution in [2.24, 2.45) is 0 Å². The van der Waals surface area contributed by atoms with Crippen molar-refractivity contribution in [3.8, 4) is 17.3 Å². The summed E-state index contributed by atoms with van der Waals surface area (Å²) < 4.78 is 18.4. The van der Waals surface area contributed by atoms with Gasteiger partial charge in [0.15, 0.2) is 11.5 Å². The molecule has 1 aromatic carbocycles. The van der Waals surface area contributed by atoms with Crippen LogP contribution in [0.5, 0.6) is 5.88 Å². The average molecular weight is 248 g/mol. The lowest BCUT2D eigenvalue weighted by atomic mass is 10.2. The van der Waals surface area contributed by atoms with Crippen LogP contribution >= 0.6 is 0 Å². The molecule has 0 radical (unpaired) electrons. The predicted molar refractivity (Wildman–Crippen MR) is 60.9 cm³/mol. The third-order valence-electron chi connectivity index (χ3n) is 2.25. The van der Waals surface area contributed by atoms with Gasteiger partial charge in [-0.1, -0.05) is 12.1 Å². The first-order valence-corrected chi connectivity index (χ1v) is 5.03. The minimum atomic E-state index is -1.23. The van der Waals surface area contributed by atoms with E-state index in [1.54, 1.807) is 6.07 Å². The topological polar surface area (TPSA) is 72.3 Å². The number of nitrogens with zero attached hydrogens (tertiary/aromatic N) is 2. The highest BCUT2D eigenvalue weighted by atomic mass is 19.1. The van der Waals surface area contributed by atoms with Gasteiger partial charge in [0.05, 0.1) is 12.7 Å². The van der Waals surface area contributed by atoms with Crippen molar-refractivity contribution in [1.82, 2.24) is 9.97 Å². The Morgan fingerprint density at radius 1 is 1.33 bits per heavy atom. The van der Waals surface area contributed by atoms with E-state index in [9.17, 15) is 9.18 Å². The number of aromatic carboxylic acids is 1. The smallest absolute Gasteiger partial charge is 0.354 e. The maximum Gasteiger partial charge on any atom is 0.354 e. The minimum absolute atomic E-state index is 0.0233. The lowest BCUT2D eigenvalue weighted by Crippen LogP contribution is -2.05. The van der Waals surface area contributed by atoms with Crippen LogP contribution in [0.15, 0.2) is 30.3 Å². The van der Waals surface area contributed by atoms with E-state index in [1.165, 1.54) is 31.4 Å². The van der Waals surface area contributed by atoms with Gasteiger partial charge in [-0.15, -0.1) is 0 Å². The summed E-state index contributed by atoms with van der Waals surface area (Å²) >= 11 is 0. The number of rotatable bonds is 3. The molecular formula is C12H9FN2O3. The first-order valence-electron chi connectivity index (χ1n) is 5.03. The molecule has 1 heterocycles. The molecule has 0 aliphatic rings. The summed E-state index contributed by atoms with van der Waals surface area (Å²) in [6.07, 6.45) is 0. The summed E-state index contributed by atoms with van der Waals surface area (Å²) in [6.45, 7) is 0. The van der Waals surface area contributed by atoms with E-state index in [-0.39, 0.29) is 23.0 Å². The number of hydrogen-bond acceptors (Lipinski definition) is 4. The third-order valence-corrected chi connectivity index (χ3v) is 2.25. The van der Waals surface area contributed by atoms with Crippen LogP contribution < -0.4 is 4.74 Å². The number of ether oxygens (including phenoxy) is 1. The highest BCUT2D eigenvalue weighted by molar-refractivity contribution is 5.86. The Kier molecular flexibility index (Phi) is 3.18. The van der Waals surface area contributed by atoms with E-state index in [0.717, 1.165) is 0 Å². The minimum Gasteiger partial charge on any atom is -0.481 e. The first kappa shape index (κ1) is 12.0. The molecule has 0 unspecified atom stereocenters. The third kappa shape index (κ3) is 2.27. The van der Waals surface area contributed by atoms with Crippen molar-refractivity contribution in [1.29, 1.82) is 0 Å². The van der Waals surface area contributed by atoms with Crippen LogP contribution in [0.2, 0.25) is 0 Å². The molecule has 0 saturated heterocycles. The molecule has 1 aromatic heterocycles. The quantitative estimate of drug-likeness (QED) is 0.899. The number of carboxylic acids is 1. The lowest BCUT2D eigenvalue weighted by Gasteiger charge is -2.05. The van der Waals surface area contributed by atoms with Crippen LogP contribution in [0.4, 0.5) is 4.39 Å². The largest absolute Gasteiger partial charge is 0.481 e. The van der Waals surface area contributed by atoms with Gasteiger partial charge >= 0.3 is 5.97 Å². The SMILES string of the molecule is COc1cc(C(=O)O)nc(-c2ccccc2F)n1. The molecule has 0 saturated carbocycles. The fourth-order valence-corrected chi connectivity index (χ4v) is 1.40. The molecule has 0 atom stereocenters. The second-order valence-corrected chi connectivity index (χ2v) is 3.40. The van der Waals surface area contributed by atoms with Gasteiger partial charge in [0, 0.05) is 6.07 Å². The molecule has 6 heteroatoms. The van der Waals surface area contributed by atoms with E-state index in [4.69, 9.17) is 9.84 Å². The van der Waals surface area contributed by atoms with Gasteiger partial charge < -0.3 is 9.84 Å². The molecule has 5 nitrogen and oxygen atoms in total. The Hall–Kier alpha value is -2.50. The maximum absolute atomic E-state index is 13.6. The molecule has 0 bridgehead atoms. The molecular weight excluding hydrogens is 239 g/mol. The summed E-state index contributed by atoms with van der Waals surface area (Å²) in [5.74, 6) is -1.71. The molecule has 0 spiro atoms. The molecule has 2 rings (SSSR count). The number of carbonyl (C=O) groups is 1. The van der Waals surface area contributed by atoms with Crippen LogP contribution in [-0.4, -0.2) is 28.2 Å². The van der Waals surface area contributed by atoms with Crippen molar-refractivity contribution in [2.75, 3.05) is 7.11 Å². The monoisotopic (exact) mass is 248 g/mol. The van der Waals surface area contributed by atoms with E-state index in [1.807, 2.05) is 0 Å². The van der Waals surface area contributed by atoms with Gasteiger partial charge in [-0.2, -0.15) is 4.98 Å². The fourth-order valence-electron chi connectivity index (χ4n) is 1.40. The zero-order chi connectivity index (χ0) is 13.1. The average Bonchev–Trinajstić information content (AvgIpc) is 2.38. The van der Waals surface area contributed by atoms with Crippen LogP contribution in [0.25, 0.3) is 11.4 Å². The fraction of sp³-hybridized carbons (Fsp3) is 0.0833. The van der Waals surface area contributed by atoms with Gasteiger partial charge in [-0.05, 0) is 12.1 Å². The molecule has 92 valence electrons. The molecule has 1 N–H and O–H groups in total. The Morgan fingerprint density at radius 3 is 2.67 bits per heavy atom. The molecule has 0 amide bonds. The zero-order valence-corrected chi connectivity index (χ0v) is 9.42. The normalized spacial score (nSPS) is 10.1. The highest BCUT2D eigenvalue weighted by Gasteiger charge is 2.14. The number of benzene rings is 1. The molecule has 2 aromatic rings. The Labute approximate surface area is 102 Å². The number of carboxylic acid groups (broad SMARTS) is 1. The second-order valence-electron chi connectivity index (χ2n) is 3.40. The highest BCUT2D eigenvalue weighted by Crippen LogP contribution is 2.21. The van der Waals surface area contributed by atoms with Crippen LogP contribution in [0.1, 0.15) is 10.5 Å². The standard InChI is InChI=1S/C12H9FN2O3/c1-18-10-6-9(12(16)17)14-11(15-10)7-4-2-3-5-8(7)13/h2-6H,1H3,(H,16,17). The van der Waals surface area contributed by atoms with Crippen LogP contribution in [-0.2, 0) is 0 Å². The van der Waals surface area contributed by atoms with Crippen LogP contribution in [0.3, 0.4) is 0 Å². The predicted octanol–water partition coefficient (Wildman–Crippen LogP) is 1.99. The lowest BCUT2D eigenvalue weighted by molar-refractivity contribution is 0.0690. The summed E-state index contributed by atoms with van der Waals surface area (Å²) in [6, 6.07) is 7.03. The van der Waals surface area contributed by atoms with E-state index >= 15 is 0 Å². The van der Waals surface area contributed by atoms with Crippen molar-refractivity contribution >= 4 is 5.97 Å². The number of hydrogen-bond donors (Lipinski definition) is 1. The Morgan fingerprint density at radius 2 is 2.06 bits per heavy atom. The summed E-state index contributed by atoms with van der Waals surface area (Å²) in [7, 11) is 1.35. The summed E-state index contributed by atoms with van der Waals surface area (Å²) in [4.78, 5) is 18.6. The van der Waals surface area contributed by atoms with Gasteiger partial charge in [-0.3, -0.25) is 0 Å². The van der Waals surface area contributed by atoms with Gasteiger partial charge in [0.25, 0.3) is 0 Å². The maximum atomic E-state index is 13.6. The van der Waals surface area contributed by atoms with Crippen LogP contribution in [0, 0.1) is 5.82 Å². The number of halogens is 1. The van der Waals surface area contributed by atoms with Gasteiger partial charge in [0.2, 0.25) is 5.88 Å². The zero-order valence-electron chi connectivity index (χ0n) is 9.42.